The number of hydrogen-bond donors (Lipinski definition) is 2. The molecule has 5 nitrogen and oxygen atoms in total. The highest BCUT2D eigenvalue weighted by Gasteiger charge is 2.05. The number of anilines is 2. The Kier molecular flexibility index (Phi) is 7.18. The van der Waals surface area contributed by atoms with Crippen LogP contribution in [0.1, 0.15) is 33.0 Å². The van der Waals surface area contributed by atoms with E-state index >= 15 is 0 Å². The summed E-state index contributed by atoms with van der Waals surface area (Å²) in [6.45, 7) is 8.88. The van der Waals surface area contributed by atoms with Crippen molar-refractivity contribution in [2.75, 3.05) is 37.4 Å². The van der Waals surface area contributed by atoms with Crippen molar-refractivity contribution in [2.24, 2.45) is 5.92 Å². The first-order valence-corrected chi connectivity index (χ1v) is 7.04. The molecule has 19 heavy (non-hydrogen) atoms. The van der Waals surface area contributed by atoms with Crippen LogP contribution in [0.3, 0.4) is 0 Å². The molecule has 1 atom stereocenters. The highest BCUT2D eigenvalue weighted by molar-refractivity contribution is 5.47. The summed E-state index contributed by atoms with van der Waals surface area (Å²) in [4.78, 5) is 8.95. The summed E-state index contributed by atoms with van der Waals surface area (Å²) in [7, 11) is 1.73. The maximum atomic E-state index is 5.13. The molecule has 0 aliphatic heterocycles. The average Bonchev–Trinajstić information content (AvgIpc) is 2.43. The van der Waals surface area contributed by atoms with E-state index < -0.39 is 0 Å². The summed E-state index contributed by atoms with van der Waals surface area (Å²) >= 11 is 0. The molecular formula is C14H26N4O. The van der Waals surface area contributed by atoms with Gasteiger partial charge in [-0.3, -0.25) is 0 Å². The van der Waals surface area contributed by atoms with Gasteiger partial charge in [-0.15, -0.1) is 0 Å². The van der Waals surface area contributed by atoms with E-state index in [1.54, 1.807) is 7.11 Å². The first kappa shape index (κ1) is 15.7. The van der Waals surface area contributed by atoms with Crippen LogP contribution in [-0.2, 0) is 11.2 Å². The van der Waals surface area contributed by atoms with Crippen LogP contribution in [0.15, 0.2) is 6.07 Å². The number of methoxy groups -OCH3 is 1. The predicted molar refractivity (Wildman–Crippen MR) is 79.7 cm³/mol. The fourth-order valence-corrected chi connectivity index (χ4v) is 1.71. The minimum Gasteiger partial charge on any atom is -0.384 e. The third kappa shape index (κ3) is 5.87. The molecule has 0 aliphatic rings. The SMILES string of the molecule is CCCNc1cc(NCC(C)COC)nc(CC)n1. The van der Waals surface area contributed by atoms with Gasteiger partial charge in [0.2, 0.25) is 0 Å². The van der Waals surface area contributed by atoms with Crippen molar-refractivity contribution in [3.63, 3.8) is 0 Å². The molecule has 0 saturated carbocycles. The molecule has 1 unspecified atom stereocenters. The monoisotopic (exact) mass is 266 g/mol. The predicted octanol–water partition coefficient (Wildman–Crippen LogP) is 2.56. The highest BCUT2D eigenvalue weighted by atomic mass is 16.5. The number of nitrogens with zero attached hydrogens (tertiary/aromatic N) is 2. The lowest BCUT2D eigenvalue weighted by Crippen LogP contribution is -2.17. The lowest BCUT2D eigenvalue weighted by Gasteiger charge is -2.13. The molecule has 1 aromatic rings. The van der Waals surface area contributed by atoms with E-state index in [-0.39, 0.29) is 0 Å². The molecule has 0 fully saturated rings. The molecular weight excluding hydrogens is 240 g/mol. The van der Waals surface area contributed by atoms with Crippen LogP contribution < -0.4 is 10.6 Å². The number of nitrogens with one attached hydrogen (secondary N) is 2. The normalized spacial score (nSPS) is 12.2. The third-order valence-electron chi connectivity index (χ3n) is 2.73. The smallest absolute Gasteiger partial charge is 0.132 e. The Morgan fingerprint density at radius 2 is 1.89 bits per heavy atom. The van der Waals surface area contributed by atoms with Crippen molar-refractivity contribution in [2.45, 2.75) is 33.6 Å². The largest absolute Gasteiger partial charge is 0.384 e. The first-order valence-electron chi connectivity index (χ1n) is 7.04. The van der Waals surface area contributed by atoms with Gasteiger partial charge in [0, 0.05) is 32.7 Å². The van der Waals surface area contributed by atoms with Crippen molar-refractivity contribution in [1.82, 2.24) is 9.97 Å². The molecule has 0 aromatic carbocycles. The Hall–Kier alpha value is -1.36. The van der Waals surface area contributed by atoms with Gasteiger partial charge in [0.1, 0.15) is 17.5 Å². The molecule has 1 heterocycles. The maximum Gasteiger partial charge on any atom is 0.132 e. The van der Waals surface area contributed by atoms with Crippen LogP contribution in [-0.4, -0.2) is 36.8 Å². The molecule has 5 heteroatoms. The van der Waals surface area contributed by atoms with Gasteiger partial charge in [-0.25, -0.2) is 9.97 Å². The van der Waals surface area contributed by atoms with Gasteiger partial charge >= 0.3 is 0 Å². The van der Waals surface area contributed by atoms with Gasteiger partial charge < -0.3 is 15.4 Å². The molecule has 2 N–H and O–H groups in total. The van der Waals surface area contributed by atoms with Crippen LogP contribution in [0.25, 0.3) is 0 Å². The topological polar surface area (TPSA) is 59.1 Å². The zero-order valence-corrected chi connectivity index (χ0v) is 12.5. The Morgan fingerprint density at radius 1 is 1.21 bits per heavy atom. The first-order chi connectivity index (χ1) is 9.19. The van der Waals surface area contributed by atoms with Crippen molar-refractivity contribution >= 4 is 11.6 Å². The van der Waals surface area contributed by atoms with E-state index in [1.165, 1.54) is 0 Å². The Bertz CT molecular complexity index is 370. The molecule has 0 bridgehead atoms. The fraction of sp³-hybridized carbons (Fsp3) is 0.714. The van der Waals surface area contributed by atoms with Gasteiger partial charge in [0.25, 0.3) is 0 Å². The summed E-state index contributed by atoms with van der Waals surface area (Å²) in [5.41, 5.74) is 0. The van der Waals surface area contributed by atoms with Crippen molar-refractivity contribution < 1.29 is 4.74 Å². The zero-order chi connectivity index (χ0) is 14.1. The lowest BCUT2D eigenvalue weighted by atomic mass is 10.2. The van der Waals surface area contributed by atoms with Crippen molar-refractivity contribution in [3.8, 4) is 0 Å². The molecule has 108 valence electrons. The minimum absolute atomic E-state index is 0.456. The van der Waals surface area contributed by atoms with Gasteiger partial charge in [-0.2, -0.15) is 0 Å². The quantitative estimate of drug-likeness (QED) is 0.719. The number of aromatic nitrogens is 2. The molecule has 1 rings (SSSR count). The molecule has 0 spiro atoms. The summed E-state index contributed by atoms with van der Waals surface area (Å²) in [5.74, 6) is 3.10. The Labute approximate surface area is 116 Å². The van der Waals surface area contributed by atoms with E-state index in [9.17, 15) is 0 Å². The molecule has 0 aliphatic carbocycles. The van der Waals surface area contributed by atoms with E-state index in [4.69, 9.17) is 4.74 Å². The second-order valence-corrected chi connectivity index (χ2v) is 4.78. The van der Waals surface area contributed by atoms with Crippen LogP contribution in [0.5, 0.6) is 0 Å². The molecule has 0 amide bonds. The van der Waals surface area contributed by atoms with Gasteiger partial charge in [-0.1, -0.05) is 20.8 Å². The summed E-state index contributed by atoms with van der Waals surface area (Å²) in [6, 6.07) is 1.97. The van der Waals surface area contributed by atoms with E-state index in [1.807, 2.05) is 6.07 Å². The van der Waals surface area contributed by atoms with Gasteiger partial charge in [-0.05, 0) is 12.3 Å². The zero-order valence-electron chi connectivity index (χ0n) is 12.5. The standard InChI is InChI=1S/C14H26N4O/c1-5-7-15-13-8-14(18-12(6-2)17-13)16-9-11(3)10-19-4/h8,11H,5-7,9-10H2,1-4H3,(H2,15,16,17,18). The van der Waals surface area contributed by atoms with Gasteiger partial charge in [0.15, 0.2) is 0 Å². The molecule has 1 aromatic heterocycles. The second-order valence-electron chi connectivity index (χ2n) is 4.78. The maximum absolute atomic E-state index is 5.13. The van der Waals surface area contributed by atoms with Gasteiger partial charge in [0.05, 0.1) is 6.61 Å². The van der Waals surface area contributed by atoms with Crippen molar-refractivity contribution in [3.05, 3.63) is 11.9 Å². The average molecular weight is 266 g/mol. The highest BCUT2D eigenvalue weighted by Crippen LogP contribution is 2.12. The van der Waals surface area contributed by atoms with Crippen LogP contribution >= 0.6 is 0 Å². The Morgan fingerprint density at radius 3 is 2.47 bits per heavy atom. The summed E-state index contributed by atoms with van der Waals surface area (Å²) < 4.78 is 5.13. The molecule has 0 radical (unpaired) electrons. The third-order valence-corrected chi connectivity index (χ3v) is 2.73. The number of aryl methyl sites for hydroxylation is 1. The number of rotatable bonds is 9. The molecule has 0 saturated heterocycles. The van der Waals surface area contributed by atoms with E-state index in [0.29, 0.717) is 5.92 Å². The van der Waals surface area contributed by atoms with Crippen LogP contribution in [0.2, 0.25) is 0 Å². The van der Waals surface area contributed by atoms with E-state index in [2.05, 4.69) is 41.4 Å². The summed E-state index contributed by atoms with van der Waals surface area (Å²) in [6.07, 6.45) is 1.92. The van der Waals surface area contributed by atoms with E-state index in [0.717, 1.165) is 50.0 Å². The van der Waals surface area contributed by atoms with Crippen molar-refractivity contribution in [1.29, 1.82) is 0 Å². The Balaban J connectivity index is 2.65. The van der Waals surface area contributed by atoms with Crippen LogP contribution in [0.4, 0.5) is 11.6 Å². The lowest BCUT2D eigenvalue weighted by molar-refractivity contribution is 0.164. The fourth-order valence-electron chi connectivity index (χ4n) is 1.71. The van der Waals surface area contributed by atoms with Crippen LogP contribution in [0, 0.1) is 5.92 Å². The second kappa shape index (κ2) is 8.69. The number of hydrogen-bond acceptors (Lipinski definition) is 5. The number of ether oxygens (including phenoxy) is 1. The summed E-state index contributed by atoms with van der Waals surface area (Å²) in [5, 5.41) is 6.66. The minimum atomic E-state index is 0.456.